The van der Waals surface area contributed by atoms with Crippen molar-refractivity contribution in [3.63, 3.8) is 0 Å². The Labute approximate surface area is 127 Å². The molecular formula is C17H27N3O. The molecule has 4 heteroatoms. The first-order valence-electron chi connectivity index (χ1n) is 8.17. The van der Waals surface area contributed by atoms with Crippen LogP contribution in [0.5, 0.6) is 0 Å². The van der Waals surface area contributed by atoms with Crippen LogP contribution in [-0.4, -0.2) is 50.3 Å². The van der Waals surface area contributed by atoms with Crippen molar-refractivity contribution >= 4 is 11.4 Å². The van der Waals surface area contributed by atoms with E-state index in [2.05, 4.69) is 28.9 Å². The van der Waals surface area contributed by atoms with Gasteiger partial charge in [-0.25, -0.2) is 0 Å². The Morgan fingerprint density at radius 1 is 1.24 bits per heavy atom. The molecule has 1 unspecified atom stereocenters. The van der Waals surface area contributed by atoms with Crippen molar-refractivity contribution in [1.82, 2.24) is 4.90 Å². The zero-order chi connectivity index (χ0) is 14.7. The van der Waals surface area contributed by atoms with Gasteiger partial charge in [0.05, 0.1) is 12.7 Å². The molecule has 2 fully saturated rings. The van der Waals surface area contributed by atoms with Gasteiger partial charge in [0.15, 0.2) is 0 Å². The van der Waals surface area contributed by atoms with Crippen LogP contribution < -0.4 is 10.6 Å². The van der Waals surface area contributed by atoms with Crippen molar-refractivity contribution in [3.8, 4) is 0 Å². The average Bonchev–Trinajstić information content (AvgIpc) is 3.13. The Bertz CT molecular complexity index is 471. The first-order chi connectivity index (χ1) is 10.2. The van der Waals surface area contributed by atoms with Crippen LogP contribution >= 0.6 is 0 Å². The van der Waals surface area contributed by atoms with Gasteiger partial charge in [-0.1, -0.05) is 0 Å². The van der Waals surface area contributed by atoms with Crippen LogP contribution in [0.15, 0.2) is 18.2 Å². The quantitative estimate of drug-likeness (QED) is 0.844. The van der Waals surface area contributed by atoms with Crippen LogP contribution in [0.2, 0.25) is 0 Å². The molecule has 0 spiro atoms. The fourth-order valence-corrected chi connectivity index (χ4v) is 3.31. The molecule has 1 aromatic rings. The minimum atomic E-state index is 0.380. The lowest BCUT2D eigenvalue weighted by molar-refractivity contribution is 0.0542. The number of hydrogen-bond donors (Lipinski definition) is 1. The number of nitrogens with zero attached hydrogens (tertiary/aromatic N) is 2. The van der Waals surface area contributed by atoms with Gasteiger partial charge in [-0.2, -0.15) is 0 Å². The summed E-state index contributed by atoms with van der Waals surface area (Å²) in [6.07, 6.45) is 4.22. The summed E-state index contributed by atoms with van der Waals surface area (Å²) in [5, 5.41) is 0. The Morgan fingerprint density at radius 2 is 2.05 bits per heavy atom. The maximum atomic E-state index is 6.06. The molecule has 21 heavy (non-hydrogen) atoms. The summed E-state index contributed by atoms with van der Waals surface area (Å²) in [6, 6.07) is 6.31. The van der Waals surface area contributed by atoms with E-state index < -0.39 is 0 Å². The van der Waals surface area contributed by atoms with Crippen LogP contribution in [0.4, 0.5) is 11.4 Å². The lowest BCUT2D eigenvalue weighted by atomic mass is 10.2. The number of anilines is 2. The Kier molecular flexibility index (Phi) is 4.66. The van der Waals surface area contributed by atoms with Crippen molar-refractivity contribution in [1.29, 1.82) is 0 Å². The number of aryl methyl sites for hydroxylation is 1. The summed E-state index contributed by atoms with van der Waals surface area (Å²) in [5.41, 5.74) is 9.19. The largest absolute Gasteiger partial charge is 0.399 e. The molecule has 0 saturated carbocycles. The van der Waals surface area contributed by atoms with Crippen molar-refractivity contribution in [2.24, 2.45) is 0 Å². The van der Waals surface area contributed by atoms with E-state index in [1.807, 2.05) is 6.07 Å². The van der Waals surface area contributed by atoms with Gasteiger partial charge in [0.1, 0.15) is 0 Å². The fourth-order valence-electron chi connectivity index (χ4n) is 3.31. The van der Waals surface area contributed by atoms with E-state index in [4.69, 9.17) is 10.5 Å². The third-order valence-corrected chi connectivity index (χ3v) is 4.72. The van der Waals surface area contributed by atoms with E-state index in [1.165, 1.54) is 31.6 Å². The molecule has 1 atom stereocenters. The van der Waals surface area contributed by atoms with Crippen LogP contribution in [0.3, 0.4) is 0 Å². The monoisotopic (exact) mass is 289 g/mol. The van der Waals surface area contributed by atoms with Gasteiger partial charge in [0.25, 0.3) is 0 Å². The molecule has 116 valence electrons. The first kappa shape index (κ1) is 14.7. The Balaban J connectivity index is 1.45. The average molecular weight is 289 g/mol. The minimum Gasteiger partial charge on any atom is -0.399 e. The van der Waals surface area contributed by atoms with Gasteiger partial charge >= 0.3 is 0 Å². The molecule has 2 heterocycles. The van der Waals surface area contributed by atoms with Gasteiger partial charge in [-0.05, 0) is 63.0 Å². The van der Waals surface area contributed by atoms with E-state index in [9.17, 15) is 0 Å². The number of ether oxygens (including phenoxy) is 1. The summed E-state index contributed by atoms with van der Waals surface area (Å²) >= 11 is 0. The lowest BCUT2D eigenvalue weighted by Gasteiger charge is -2.20. The summed E-state index contributed by atoms with van der Waals surface area (Å²) in [5.74, 6) is 0. The molecule has 0 radical (unpaired) electrons. The van der Waals surface area contributed by atoms with E-state index in [-0.39, 0.29) is 0 Å². The summed E-state index contributed by atoms with van der Waals surface area (Å²) in [6.45, 7) is 8.63. The third-order valence-electron chi connectivity index (χ3n) is 4.72. The summed E-state index contributed by atoms with van der Waals surface area (Å²) in [4.78, 5) is 4.92. The number of rotatable bonds is 5. The van der Waals surface area contributed by atoms with Crippen LogP contribution in [-0.2, 0) is 4.74 Å². The van der Waals surface area contributed by atoms with Crippen molar-refractivity contribution in [2.45, 2.75) is 32.3 Å². The van der Waals surface area contributed by atoms with Crippen molar-refractivity contribution in [2.75, 3.05) is 50.0 Å². The maximum Gasteiger partial charge on any atom is 0.0767 e. The second-order valence-corrected chi connectivity index (χ2v) is 6.32. The van der Waals surface area contributed by atoms with E-state index in [0.29, 0.717) is 6.10 Å². The summed E-state index contributed by atoms with van der Waals surface area (Å²) < 4.78 is 6.06. The van der Waals surface area contributed by atoms with Crippen LogP contribution in [0.25, 0.3) is 0 Å². The Morgan fingerprint density at radius 3 is 2.81 bits per heavy atom. The van der Waals surface area contributed by atoms with Crippen molar-refractivity contribution in [3.05, 3.63) is 23.8 Å². The molecule has 2 N–H and O–H groups in total. The van der Waals surface area contributed by atoms with Gasteiger partial charge in [-0.3, -0.25) is 0 Å². The molecule has 2 aliphatic heterocycles. The smallest absolute Gasteiger partial charge is 0.0767 e. The molecule has 2 aliphatic rings. The third kappa shape index (κ3) is 3.69. The molecule has 3 rings (SSSR count). The van der Waals surface area contributed by atoms with E-state index in [0.717, 1.165) is 43.9 Å². The van der Waals surface area contributed by atoms with Gasteiger partial charge in [0, 0.05) is 31.0 Å². The maximum absolute atomic E-state index is 6.06. The normalized spacial score (nSPS) is 23.1. The molecule has 0 amide bonds. The van der Waals surface area contributed by atoms with Crippen LogP contribution in [0, 0.1) is 6.92 Å². The highest BCUT2D eigenvalue weighted by molar-refractivity contribution is 5.58. The number of nitrogen functional groups attached to an aromatic ring is 1. The Hall–Kier alpha value is -1.26. The first-order valence-corrected chi connectivity index (χ1v) is 8.17. The predicted molar refractivity (Wildman–Crippen MR) is 87.8 cm³/mol. The lowest BCUT2D eigenvalue weighted by Crippen LogP contribution is -2.28. The highest BCUT2D eigenvalue weighted by Crippen LogP contribution is 2.25. The SMILES string of the molecule is Cc1cc(N2CCC(OCCN3CCCC3)C2)ccc1N. The minimum absolute atomic E-state index is 0.380. The van der Waals surface area contributed by atoms with Crippen LogP contribution in [0.1, 0.15) is 24.8 Å². The standard InChI is InChI=1S/C17H27N3O/c1-14-12-15(4-5-17(14)18)20-9-6-16(13-20)21-11-10-19-7-2-3-8-19/h4-5,12,16H,2-3,6-11,13,18H2,1H3. The van der Waals surface area contributed by atoms with E-state index >= 15 is 0 Å². The predicted octanol–water partition coefficient (Wildman–Crippen LogP) is 2.27. The molecule has 4 nitrogen and oxygen atoms in total. The van der Waals surface area contributed by atoms with Crippen molar-refractivity contribution < 1.29 is 4.74 Å². The molecule has 0 aliphatic carbocycles. The molecule has 0 aromatic heterocycles. The van der Waals surface area contributed by atoms with Gasteiger partial charge in [-0.15, -0.1) is 0 Å². The number of nitrogens with two attached hydrogens (primary N) is 1. The topological polar surface area (TPSA) is 41.7 Å². The summed E-state index contributed by atoms with van der Waals surface area (Å²) in [7, 11) is 0. The zero-order valence-electron chi connectivity index (χ0n) is 13.1. The number of hydrogen-bond acceptors (Lipinski definition) is 4. The fraction of sp³-hybridized carbons (Fsp3) is 0.647. The molecular weight excluding hydrogens is 262 g/mol. The van der Waals surface area contributed by atoms with E-state index in [1.54, 1.807) is 0 Å². The second kappa shape index (κ2) is 6.67. The molecule has 2 saturated heterocycles. The highest BCUT2D eigenvalue weighted by atomic mass is 16.5. The molecule has 0 bridgehead atoms. The second-order valence-electron chi connectivity index (χ2n) is 6.32. The number of likely N-dealkylation sites (tertiary alicyclic amines) is 1. The highest BCUT2D eigenvalue weighted by Gasteiger charge is 2.23. The number of benzene rings is 1. The molecule has 1 aromatic carbocycles. The van der Waals surface area contributed by atoms with Gasteiger partial charge < -0.3 is 20.3 Å². The van der Waals surface area contributed by atoms with Gasteiger partial charge in [0.2, 0.25) is 0 Å². The zero-order valence-corrected chi connectivity index (χ0v) is 13.1.